The topological polar surface area (TPSA) is 94.4 Å². The first kappa shape index (κ1) is 12.4. The van der Waals surface area contributed by atoms with Gasteiger partial charge in [0.2, 0.25) is 0 Å². The largest absolute Gasteiger partial charge is 0.335 e. The van der Waals surface area contributed by atoms with Crippen LogP contribution in [0.25, 0.3) is 11.2 Å². The van der Waals surface area contributed by atoms with Gasteiger partial charge in [-0.2, -0.15) is 0 Å². The zero-order valence-electron chi connectivity index (χ0n) is 11.2. The van der Waals surface area contributed by atoms with Gasteiger partial charge in [0.25, 0.3) is 5.56 Å². The second kappa shape index (κ2) is 4.19. The van der Waals surface area contributed by atoms with Crippen molar-refractivity contribution in [3.8, 4) is 0 Å². The first-order chi connectivity index (χ1) is 9.48. The standard InChI is InChI=1S/C14H14N4O2/c1-14(2,8-6-4-3-5-7-8)12-15-9-10(16-12)17-13(20)18-11(9)19/h3-7H,1-2H3,(H3,15,16,17,18,19,20). The Morgan fingerprint density at radius 2 is 1.70 bits per heavy atom. The van der Waals surface area contributed by atoms with E-state index >= 15 is 0 Å². The maximum Gasteiger partial charge on any atom is 0.327 e. The van der Waals surface area contributed by atoms with Gasteiger partial charge < -0.3 is 4.98 Å². The lowest BCUT2D eigenvalue weighted by Crippen LogP contribution is -2.21. The first-order valence-electron chi connectivity index (χ1n) is 6.27. The van der Waals surface area contributed by atoms with Gasteiger partial charge in [0.15, 0.2) is 5.65 Å². The third-order valence-corrected chi connectivity index (χ3v) is 3.48. The van der Waals surface area contributed by atoms with Crippen LogP contribution in [0.4, 0.5) is 0 Å². The molecular weight excluding hydrogens is 256 g/mol. The van der Waals surface area contributed by atoms with Crippen molar-refractivity contribution in [2.45, 2.75) is 19.3 Å². The Morgan fingerprint density at radius 3 is 2.40 bits per heavy atom. The molecule has 3 N–H and O–H groups in total. The molecule has 6 nitrogen and oxygen atoms in total. The number of hydrogen-bond acceptors (Lipinski definition) is 3. The molecule has 0 fully saturated rings. The van der Waals surface area contributed by atoms with Crippen molar-refractivity contribution >= 4 is 11.2 Å². The van der Waals surface area contributed by atoms with Crippen molar-refractivity contribution in [2.75, 3.05) is 0 Å². The molecule has 0 aliphatic heterocycles. The van der Waals surface area contributed by atoms with Crippen molar-refractivity contribution < 1.29 is 0 Å². The summed E-state index contributed by atoms with van der Waals surface area (Å²) in [7, 11) is 0. The van der Waals surface area contributed by atoms with E-state index in [1.165, 1.54) is 0 Å². The summed E-state index contributed by atoms with van der Waals surface area (Å²) in [6.45, 7) is 4.01. The Balaban J connectivity index is 2.22. The summed E-state index contributed by atoms with van der Waals surface area (Å²) in [6.07, 6.45) is 0. The number of aromatic amines is 3. The number of nitrogens with one attached hydrogen (secondary N) is 3. The summed E-state index contributed by atoms with van der Waals surface area (Å²) in [5.74, 6) is 0.631. The molecule has 0 aliphatic rings. The van der Waals surface area contributed by atoms with E-state index in [2.05, 4.69) is 19.9 Å². The second-order valence-electron chi connectivity index (χ2n) is 5.21. The Labute approximate surface area is 113 Å². The average Bonchev–Trinajstić information content (AvgIpc) is 2.84. The van der Waals surface area contributed by atoms with Crippen LogP contribution in [0, 0.1) is 0 Å². The summed E-state index contributed by atoms with van der Waals surface area (Å²) in [5, 5.41) is 0. The van der Waals surface area contributed by atoms with E-state index in [9.17, 15) is 9.59 Å². The van der Waals surface area contributed by atoms with Gasteiger partial charge in [-0.15, -0.1) is 0 Å². The fourth-order valence-corrected chi connectivity index (χ4v) is 2.22. The van der Waals surface area contributed by atoms with E-state index in [4.69, 9.17) is 0 Å². The van der Waals surface area contributed by atoms with Crippen molar-refractivity contribution in [3.05, 3.63) is 62.6 Å². The van der Waals surface area contributed by atoms with E-state index in [0.29, 0.717) is 5.82 Å². The minimum Gasteiger partial charge on any atom is -0.335 e. The van der Waals surface area contributed by atoms with Crippen LogP contribution >= 0.6 is 0 Å². The minimum absolute atomic E-state index is 0.276. The molecule has 1 aromatic carbocycles. The predicted molar refractivity (Wildman–Crippen MR) is 75.9 cm³/mol. The molecule has 0 saturated heterocycles. The number of benzene rings is 1. The lowest BCUT2D eigenvalue weighted by Gasteiger charge is -2.22. The quantitative estimate of drug-likeness (QED) is 0.654. The molecular formula is C14H14N4O2. The number of hydrogen-bond donors (Lipinski definition) is 3. The number of H-pyrrole nitrogens is 3. The van der Waals surface area contributed by atoms with E-state index in [1.807, 2.05) is 44.2 Å². The minimum atomic E-state index is -0.557. The van der Waals surface area contributed by atoms with Crippen molar-refractivity contribution in [1.82, 2.24) is 19.9 Å². The summed E-state index contributed by atoms with van der Waals surface area (Å²) in [6, 6.07) is 9.85. The predicted octanol–water partition coefficient (Wildman–Crippen LogP) is 1.27. The van der Waals surface area contributed by atoms with E-state index in [1.54, 1.807) is 0 Å². The normalized spacial score (nSPS) is 11.9. The number of fused-ring (bicyclic) bond motifs is 1. The van der Waals surface area contributed by atoms with Crippen molar-refractivity contribution in [2.24, 2.45) is 0 Å². The number of nitrogens with zero attached hydrogens (tertiary/aromatic N) is 1. The van der Waals surface area contributed by atoms with Crippen LogP contribution in [0.1, 0.15) is 25.2 Å². The van der Waals surface area contributed by atoms with Crippen molar-refractivity contribution in [3.63, 3.8) is 0 Å². The molecule has 3 rings (SSSR count). The highest BCUT2D eigenvalue weighted by molar-refractivity contribution is 5.69. The van der Waals surface area contributed by atoms with Gasteiger partial charge in [-0.05, 0) is 19.4 Å². The Morgan fingerprint density at radius 1 is 1.00 bits per heavy atom. The molecule has 0 radical (unpaired) electrons. The highest BCUT2D eigenvalue weighted by Gasteiger charge is 2.27. The van der Waals surface area contributed by atoms with Gasteiger partial charge in [-0.3, -0.25) is 14.8 Å². The van der Waals surface area contributed by atoms with Crippen LogP contribution in [0.2, 0.25) is 0 Å². The van der Waals surface area contributed by atoms with E-state index in [0.717, 1.165) is 5.56 Å². The second-order valence-corrected chi connectivity index (χ2v) is 5.21. The SMILES string of the molecule is CC(C)(c1ccccc1)c1nc2[nH]c(=O)[nH]c(=O)c2[nH]1. The molecule has 0 bridgehead atoms. The van der Waals surface area contributed by atoms with E-state index in [-0.39, 0.29) is 11.2 Å². The van der Waals surface area contributed by atoms with Crippen LogP contribution < -0.4 is 11.2 Å². The van der Waals surface area contributed by atoms with Gasteiger partial charge in [0, 0.05) is 5.41 Å². The van der Waals surface area contributed by atoms with Gasteiger partial charge in [-0.25, -0.2) is 9.78 Å². The highest BCUT2D eigenvalue weighted by Crippen LogP contribution is 2.29. The van der Waals surface area contributed by atoms with Crippen LogP contribution in [-0.2, 0) is 5.41 Å². The molecule has 0 unspecified atom stereocenters. The zero-order valence-corrected chi connectivity index (χ0v) is 11.2. The fourth-order valence-electron chi connectivity index (χ4n) is 2.22. The molecule has 0 saturated carbocycles. The Kier molecular flexibility index (Phi) is 2.60. The molecule has 20 heavy (non-hydrogen) atoms. The molecule has 2 aromatic heterocycles. The highest BCUT2D eigenvalue weighted by atomic mass is 16.2. The molecule has 0 spiro atoms. The smallest absolute Gasteiger partial charge is 0.327 e. The third kappa shape index (κ3) is 1.85. The number of rotatable bonds is 2. The lowest BCUT2D eigenvalue weighted by atomic mass is 9.84. The van der Waals surface area contributed by atoms with Crippen LogP contribution in [0.5, 0.6) is 0 Å². The molecule has 3 aromatic rings. The summed E-state index contributed by atoms with van der Waals surface area (Å²) in [4.78, 5) is 35.1. The Hall–Kier alpha value is -2.63. The van der Waals surface area contributed by atoms with Gasteiger partial charge in [0.1, 0.15) is 11.3 Å². The summed E-state index contributed by atoms with van der Waals surface area (Å²) >= 11 is 0. The lowest BCUT2D eigenvalue weighted by molar-refractivity contribution is 0.601. The monoisotopic (exact) mass is 270 g/mol. The summed E-state index contributed by atoms with van der Waals surface area (Å²) < 4.78 is 0. The number of imidazole rings is 1. The molecule has 2 heterocycles. The third-order valence-electron chi connectivity index (χ3n) is 3.48. The molecule has 0 amide bonds. The molecule has 6 heteroatoms. The Bertz CT molecular complexity index is 871. The van der Waals surface area contributed by atoms with E-state index < -0.39 is 16.7 Å². The molecule has 102 valence electrons. The zero-order chi connectivity index (χ0) is 14.3. The first-order valence-corrected chi connectivity index (χ1v) is 6.27. The van der Waals surface area contributed by atoms with Crippen LogP contribution in [0.3, 0.4) is 0 Å². The summed E-state index contributed by atoms with van der Waals surface area (Å²) in [5.41, 5.74) is 0.201. The van der Waals surface area contributed by atoms with Crippen molar-refractivity contribution in [1.29, 1.82) is 0 Å². The fraction of sp³-hybridized carbons (Fsp3) is 0.214. The molecule has 0 aliphatic carbocycles. The van der Waals surface area contributed by atoms with Crippen LogP contribution in [0.15, 0.2) is 39.9 Å². The average molecular weight is 270 g/mol. The number of aromatic nitrogens is 4. The van der Waals surface area contributed by atoms with Crippen LogP contribution in [-0.4, -0.2) is 19.9 Å². The maximum absolute atomic E-state index is 11.7. The van der Waals surface area contributed by atoms with Gasteiger partial charge >= 0.3 is 5.69 Å². The maximum atomic E-state index is 11.7. The van der Waals surface area contributed by atoms with Gasteiger partial charge in [0.05, 0.1) is 0 Å². The van der Waals surface area contributed by atoms with Gasteiger partial charge in [-0.1, -0.05) is 30.3 Å². The molecule has 0 atom stereocenters.